The fourth-order valence-electron chi connectivity index (χ4n) is 3.50. The van der Waals surface area contributed by atoms with Gasteiger partial charge < -0.3 is 0 Å². The third-order valence-corrected chi connectivity index (χ3v) is 6.82. The molecule has 4 rings (SSSR count). The van der Waals surface area contributed by atoms with Gasteiger partial charge in [-0.2, -0.15) is 0 Å². The molecule has 1 amide bonds. The molecule has 8 heteroatoms. The molecular weight excluding hydrogens is 382 g/mol. The highest BCUT2D eigenvalue weighted by Gasteiger charge is 2.32. The van der Waals surface area contributed by atoms with Crippen LogP contribution in [0.1, 0.15) is 28.4 Å². The topological polar surface area (TPSA) is 79.4 Å². The van der Waals surface area contributed by atoms with Crippen molar-refractivity contribution in [3.05, 3.63) is 53.1 Å². The minimum Gasteiger partial charge on any atom is -0.298 e. The minimum absolute atomic E-state index is 0.152. The maximum Gasteiger partial charge on any atom is 0.257 e. The molecule has 0 aliphatic carbocycles. The van der Waals surface area contributed by atoms with Crippen molar-refractivity contribution in [2.45, 2.75) is 26.3 Å². The van der Waals surface area contributed by atoms with Gasteiger partial charge in [-0.05, 0) is 61.7 Å². The molecule has 140 valence electrons. The van der Waals surface area contributed by atoms with Crippen molar-refractivity contribution >= 4 is 48.3 Å². The van der Waals surface area contributed by atoms with Gasteiger partial charge in [0.05, 0.1) is 22.2 Å². The van der Waals surface area contributed by atoms with E-state index in [1.807, 2.05) is 32.0 Å². The van der Waals surface area contributed by atoms with Gasteiger partial charge in [0.2, 0.25) is 10.0 Å². The summed E-state index contributed by atoms with van der Waals surface area (Å²) in [5.74, 6) is -0.251. The summed E-state index contributed by atoms with van der Waals surface area (Å²) in [6.07, 6.45) is 1.79. The lowest BCUT2D eigenvalue weighted by Crippen LogP contribution is -2.34. The van der Waals surface area contributed by atoms with Gasteiger partial charge >= 0.3 is 0 Å². The molecule has 1 atom stereocenters. The van der Waals surface area contributed by atoms with Crippen molar-refractivity contribution in [2.24, 2.45) is 0 Å². The third-order valence-electron chi connectivity index (χ3n) is 4.62. The number of hydrogen-bond acceptors (Lipinski definition) is 5. The van der Waals surface area contributed by atoms with Crippen LogP contribution in [0.25, 0.3) is 10.2 Å². The van der Waals surface area contributed by atoms with Gasteiger partial charge in [-0.3, -0.25) is 14.4 Å². The lowest BCUT2D eigenvalue weighted by Gasteiger charge is -2.21. The number of amides is 1. The van der Waals surface area contributed by atoms with Crippen molar-refractivity contribution in [2.75, 3.05) is 15.9 Å². The second-order valence-electron chi connectivity index (χ2n) is 6.90. The molecule has 1 aliphatic heterocycles. The van der Waals surface area contributed by atoms with E-state index in [1.165, 1.54) is 21.9 Å². The van der Waals surface area contributed by atoms with E-state index in [1.54, 1.807) is 18.2 Å². The van der Waals surface area contributed by atoms with Crippen LogP contribution in [-0.4, -0.2) is 31.6 Å². The standard InChI is InChI=1S/C19H19N3O3S2/c1-11-4-6-15-17(8-11)26-19(20-15)21-18(23)13-5-7-16-14(10-13)9-12(2)22(16)27(3,24)25/h4-8,10,12H,9H2,1-3H3,(H,20,21,23). The largest absolute Gasteiger partial charge is 0.298 e. The van der Waals surface area contributed by atoms with E-state index in [4.69, 9.17) is 0 Å². The van der Waals surface area contributed by atoms with Gasteiger partial charge in [0.25, 0.3) is 5.91 Å². The Morgan fingerprint density at radius 2 is 2.04 bits per heavy atom. The molecule has 2 aromatic carbocycles. The van der Waals surface area contributed by atoms with Crippen LogP contribution in [0.3, 0.4) is 0 Å². The van der Waals surface area contributed by atoms with E-state index in [2.05, 4.69) is 10.3 Å². The van der Waals surface area contributed by atoms with E-state index in [0.717, 1.165) is 21.3 Å². The highest BCUT2D eigenvalue weighted by molar-refractivity contribution is 7.92. The molecule has 0 saturated heterocycles. The zero-order valence-electron chi connectivity index (χ0n) is 15.2. The summed E-state index contributed by atoms with van der Waals surface area (Å²) in [5.41, 5.74) is 4.00. The number of carbonyl (C=O) groups excluding carboxylic acids is 1. The molecule has 27 heavy (non-hydrogen) atoms. The number of aromatic nitrogens is 1. The zero-order valence-corrected chi connectivity index (χ0v) is 16.8. The summed E-state index contributed by atoms with van der Waals surface area (Å²) >= 11 is 1.43. The van der Waals surface area contributed by atoms with Crippen LogP contribution in [0.2, 0.25) is 0 Å². The van der Waals surface area contributed by atoms with Crippen LogP contribution in [-0.2, 0) is 16.4 Å². The molecule has 3 aromatic rings. The molecule has 1 aliphatic rings. The lowest BCUT2D eigenvalue weighted by atomic mass is 10.1. The molecule has 6 nitrogen and oxygen atoms in total. The summed E-state index contributed by atoms with van der Waals surface area (Å²) in [7, 11) is -3.34. The molecular formula is C19H19N3O3S2. The summed E-state index contributed by atoms with van der Waals surface area (Å²) in [6, 6.07) is 10.9. The van der Waals surface area contributed by atoms with E-state index >= 15 is 0 Å². The first-order valence-electron chi connectivity index (χ1n) is 8.53. The van der Waals surface area contributed by atoms with Crippen LogP contribution < -0.4 is 9.62 Å². The predicted octanol–water partition coefficient (Wildman–Crippen LogP) is 3.57. The van der Waals surface area contributed by atoms with E-state index in [-0.39, 0.29) is 11.9 Å². The Labute approximate surface area is 161 Å². The Balaban J connectivity index is 1.60. The molecule has 1 N–H and O–H groups in total. The second-order valence-corrected chi connectivity index (χ2v) is 9.79. The quantitative estimate of drug-likeness (QED) is 0.728. The van der Waals surface area contributed by atoms with Crippen LogP contribution in [0, 0.1) is 6.92 Å². The van der Waals surface area contributed by atoms with Crippen molar-refractivity contribution in [1.82, 2.24) is 4.98 Å². The van der Waals surface area contributed by atoms with Crippen molar-refractivity contribution in [3.8, 4) is 0 Å². The summed E-state index contributed by atoms with van der Waals surface area (Å²) in [6.45, 7) is 3.88. The van der Waals surface area contributed by atoms with Gasteiger partial charge in [-0.15, -0.1) is 0 Å². The van der Waals surface area contributed by atoms with Gasteiger partial charge in [0.1, 0.15) is 0 Å². The maximum absolute atomic E-state index is 12.6. The van der Waals surface area contributed by atoms with E-state index in [0.29, 0.717) is 22.8 Å². The number of rotatable bonds is 3. The molecule has 2 heterocycles. The predicted molar refractivity (Wildman–Crippen MR) is 109 cm³/mol. The van der Waals surface area contributed by atoms with Crippen LogP contribution in [0.4, 0.5) is 10.8 Å². The lowest BCUT2D eigenvalue weighted by molar-refractivity contribution is 0.102. The number of nitrogens with zero attached hydrogens (tertiary/aromatic N) is 2. The molecule has 1 unspecified atom stereocenters. The molecule has 1 aromatic heterocycles. The number of thiazole rings is 1. The SMILES string of the molecule is Cc1ccc2nc(NC(=O)c3ccc4c(c3)CC(C)N4S(C)(=O)=O)sc2c1. The molecule has 0 saturated carbocycles. The molecule has 0 bridgehead atoms. The fraction of sp³-hybridized carbons (Fsp3) is 0.263. The summed E-state index contributed by atoms with van der Waals surface area (Å²) in [4.78, 5) is 17.1. The molecule has 0 spiro atoms. The minimum atomic E-state index is -3.34. The Morgan fingerprint density at radius 1 is 1.26 bits per heavy atom. The summed E-state index contributed by atoms with van der Waals surface area (Å²) in [5, 5.41) is 3.40. The highest BCUT2D eigenvalue weighted by Crippen LogP contribution is 2.35. The van der Waals surface area contributed by atoms with Crippen LogP contribution in [0.5, 0.6) is 0 Å². The van der Waals surface area contributed by atoms with Crippen molar-refractivity contribution < 1.29 is 13.2 Å². The van der Waals surface area contributed by atoms with Crippen molar-refractivity contribution in [1.29, 1.82) is 0 Å². The number of anilines is 2. The first-order valence-corrected chi connectivity index (χ1v) is 11.2. The first-order chi connectivity index (χ1) is 12.7. The smallest absolute Gasteiger partial charge is 0.257 e. The van der Waals surface area contributed by atoms with Crippen LogP contribution >= 0.6 is 11.3 Å². The second kappa shape index (κ2) is 6.31. The maximum atomic E-state index is 12.6. The van der Waals surface area contributed by atoms with E-state index in [9.17, 15) is 13.2 Å². The fourth-order valence-corrected chi connectivity index (χ4v) is 5.73. The average Bonchev–Trinajstić information content (AvgIpc) is 3.11. The molecule has 0 fully saturated rings. The zero-order chi connectivity index (χ0) is 19.3. The number of carbonyl (C=O) groups is 1. The average molecular weight is 402 g/mol. The van der Waals surface area contributed by atoms with Gasteiger partial charge in [-0.25, -0.2) is 13.4 Å². The number of sulfonamides is 1. The monoisotopic (exact) mass is 401 g/mol. The molecule has 0 radical (unpaired) electrons. The van der Waals surface area contributed by atoms with Gasteiger partial charge in [0.15, 0.2) is 5.13 Å². The van der Waals surface area contributed by atoms with E-state index < -0.39 is 10.0 Å². The highest BCUT2D eigenvalue weighted by atomic mass is 32.2. The number of aryl methyl sites for hydroxylation is 1. The number of nitrogens with one attached hydrogen (secondary N) is 1. The van der Waals surface area contributed by atoms with Gasteiger partial charge in [0, 0.05) is 11.6 Å². The first kappa shape index (κ1) is 17.9. The Morgan fingerprint density at radius 3 is 2.78 bits per heavy atom. The summed E-state index contributed by atoms with van der Waals surface area (Å²) < 4.78 is 26.5. The Bertz CT molecular complexity index is 1170. The normalized spacial score (nSPS) is 16.6. The number of hydrogen-bond donors (Lipinski definition) is 1. The Kier molecular flexibility index (Phi) is 4.20. The van der Waals surface area contributed by atoms with Crippen LogP contribution in [0.15, 0.2) is 36.4 Å². The van der Waals surface area contributed by atoms with Crippen molar-refractivity contribution in [3.63, 3.8) is 0 Å². The number of fused-ring (bicyclic) bond motifs is 2. The third kappa shape index (κ3) is 3.30. The Hall–Kier alpha value is -2.45. The van der Waals surface area contributed by atoms with Gasteiger partial charge in [-0.1, -0.05) is 17.4 Å². The number of benzene rings is 2.